The second-order valence-electron chi connectivity index (χ2n) is 3.69. The van der Waals surface area contributed by atoms with Crippen LogP contribution in [0, 0.1) is 0 Å². The normalized spacial score (nSPS) is 10.4. The van der Waals surface area contributed by atoms with E-state index in [9.17, 15) is 4.79 Å². The smallest absolute Gasteiger partial charge is 0.271 e. The van der Waals surface area contributed by atoms with Gasteiger partial charge in [0.15, 0.2) is 0 Å². The van der Waals surface area contributed by atoms with Gasteiger partial charge in [-0.25, -0.2) is 4.98 Å². The van der Waals surface area contributed by atoms with Crippen LogP contribution in [-0.4, -0.2) is 10.9 Å². The monoisotopic (exact) mass is 266 g/mol. The number of carbonyl (C=O) groups is 1. The van der Waals surface area contributed by atoms with Crippen LogP contribution in [0.2, 0.25) is 0 Å². The summed E-state index contributed by atoms with van der Waals surface area (Å²) in [7, 11) is 0. The number of thiophene rings is 1. The van der Waals surface area contributed by atoms with E-state index in [-0.39, 0.29) is 5.91 Å². The number of hydrogen-bond donors (Lipinski definition) is 1. The van der Waals surface area contributed by atoms with Gasteiger partial charge in [-0.1, -0.05) is 6.92 Å². The highest BCUT2D eigenvalue weighted by molar-refractivity contribution is 7.09. The van der Waals surface area contributed by atoms with Crippen LogP contribution in [0.25, 0.3) is 0 Å². The van der Waals surface area contributed by atoms with Crippen LogP contribution in [-0.2, 0) is 13.0 Å². The molecule has 0 radical (unpaired) electrons. The highest BCUT2D eigenvalue weighted by Gasteiger charge is 2.09. The predicted octanol–water partition coefficient (Wildman–Crippen LogP) is 3.09. The third-order valence-electron chi connectivity index (χ3n) is 2.28. The molecule has 0 aliphatic rings. The molecule has 0 saturated heterocycles. The van der Waals surface area contributed by atoms with Crippen LogP contribution in [0.5, 0.6) is 0 Å². The summed E-state index contributed by atoms with van der Waals surface area (Å²) in [4.78, 5) is 16.1. The van der Waals surface area contributed by atoms with Crippen molar-refractivity contribution in [3.8, 4) is 0 Å². The van der Waals surface area contributed by atoms with E-state index in [2.05, 4.69) is 17.2 Å². The minimum Gasteiger partial charge on any atom is -0.347 e. The van der Waals surface area contributed by atoms with E-state index in [1.165, 1.54) is 0 Å². The first-order chi connectivity index (χ1) is 8.29. The van der Waals surface area contributed by atoms with E-state index in [1.54, 1.807) is 22.7 Å². The first kappa shape index (κ1) is 12.3. The second-order valence-corrected chi connectivity index (χ2v) is 5.41. The molecule has 0 bridgehead atoms. The van der Waals surface area contributed by atoms with Gasteiger partial charge in [0.2, 0.25) is 0 Å². The number of hydrogen-bond acceptors (Lipinski definition) is 4. The molecular weight excluding hydrogens is 252 g/mol. The van der Waals surface area contributed by atoms with Crippen LogP contribution in [0.1, 0.15) is 34.4 Å². The second kappa shape index (κ2) is 5.93. The van der Waals surface area contributed by atoms with Crippen LogP contribution < -0.4 is 5.32 Å². The fourth-order valence-electron chi connectivity index (χ4n) is 1.41. The Bertz CT molecular complexity index is 476. The molecule has 0 atom stereocenters. The largest absolute Gasteiger partial charge is 0.347 e. The molecule has 0 saturated carbocycles. The van der Waals surface area contributed by atoms with Gasteiger partial charge in [0.25, 0.3) is 5.91 Å². The molecule has 0 aliphatic carbocycles. The third kappa shape index (κ3) is 3.38. The molecule has 90 valence electrons. The molecule has 0 aliphatic heterocycles. The predicted molar refractivity (Wildman–Crippen MR) is 71.6 cm³/mol. The maximum absolute atomic E-state index is 11.8. The Balaban J connectivity index is 1.90. The van der Waals surface area contributed by atoms with E-state index < -0.39 is 0 Å². The Kier molecular flexibility index (Phi) is 4.28. The summed E-state index contributed by atoms with van der Waals surface area (Å²) in [6, 6.07) is 2.01. The first-order valence-electron chi connectivity index (χ1n) is 5.53. The minimum absolute atomic E-state index is 0.0881. The Morgan fingerprint density at radius 3 is 3.06 bits per heavy atom. The summed E-state index contributed by atoms with van der Waals surface area (Å²) in [5.74, 6) is -0.0881. The molecule has 3 nitrogen and oxygen atoms in total. The highest BCUT2D eigenvalue weighted by Crippen LogP contribution is 2.12. The highest BCUT2D eigenvalue weighted by atomic mass is 32.1. The lowest BCUT2D eigenvalue weighted by Gasteiger charge is -2.00. The number of amides is 1. The number of aromatic nitrogens is 1. The maximum atomic E-state index is 11.8. The number of aryl methyl sites for hydroxylation is 1. The standard InChI is InChI=1S/C12H14N2OS2/c1-2-3-11-14-10(8-17-11)12(15)13-6-9-4-5-16-7-9/h4-5,7-8H,2-3,6H2,1H3,(H,13,15). The molecule has 2 aromatic rings. The van der Waals surface area contributed by atoms with Crippen molar-refractivity contribution in [3.05, 3.63) is 38.5 Å². The average molecular weight is 266 g/mol. The Morgan fingerprint density at radius 2 is 2.35 bits per heavy atom. The Hall–Kier alpha value is -1.20. The van der Waals surface area contributed by atoms with Gasteiger partial charge >= 0.3 is 0 Å². The summed E-state index contributed by atoms with van der Waals surface area (Å²) < 4.78 is 0. The molecule has 2 aromatic heterocycles. The topological polar surface area (TPSA) is 42.0 Å². The van der Waals surface area contributed by atoms with Gasteiger partial charge in [-0.3, -0.25) is 4.79 Å². The van der Waals surface area contributed by atoms with Crippen molar-refractivity contribution in [1.82, 2.24) is 10.3 Å². The fraction of sp³-hybridized carbons (Fsp3) is 0.333. The van der Waals surface area contributed by atoms with Gasteiger partial charge in [-0.2, -0.15) is 11.3 Å². The molecule has 0 unspecified atom stereocenters. The van der Waals surface area contributed by atoms with E-state index in [0.29, 0.717) is 12.2 Å². The number of nitrogens with one attached hydrogen (secondary N) is 1. The first-order valence-corrected chi connectivity index (χ1v) is 7.35. The molecule has 17 heavy (non-hydrogen) atoms. The molecule has 0 spiro atoms. The van der Waals surface area contributed by atoms with E-state index in [1.807, 2.05) is 22.2 Å². The molecule has 0 aromatic carbocycles. The van der Waals surface area contributed by atoms with Gasteiger partial charge in [-0.05, 0) is 35.2 Å². The molecule has 5 heteroatoms. The zero-order valence-electron chi connectivity index (χ0n) is 9.60. The van der Waals surface area contributed by atoms with Gasteiger partial charge < -0.3 is 5.32 Å². The summed E-state index contributed by atoms with van der Waals surface area (Å²) in [5.41, 5.74) is 1.67. The van der Waals surface area contributed by atoms with Gasteiger partial charge in [0.1, 0.15) is 5.69 Å². The van der Waals surface area contributed by atoms with Crippen LogP contribution >= 0.6 is 22.7 Å². The van der Waals surface area contributed by atoms with Crippen molar-refractivity contribution in [2.75, 3.05) is 0 Å². The van der Waals surface area contributed by atoms with Crippen molar-refractivity contribution in [2.24, 2.45) is 0 Å². The van der Waals surface area contributed by atoms with Crippen LogP contribution in [0.3, 0.4) is 0 Å². The molecule has 0 fully saturated rings. The molecule has 1 amide bonds. The van der Waals surface area contributed by atoms with Crippen molar-refractivity contribution in [3.63, 3.8) is 0 Å². The van der Waals surface area contributed by atoms with E-state index >= 15 is 0 Å². The zero-order valence-corrected chi connectivity index (χ0v) is 11.2. The Labute approximate surface area is 109 Å². The van der Waals surface area contributed by atoms with Crippen molar-refractivity contribution < 1.29 is 4.79 Å². The summed E-state index contributed by atoms with van der Waals surface area (Å²) in [6.07, 6.45) is 2.01. The fourth-order valence-corrected chi connectivity index (χ4v) is 2.96. The van der Waals surface area contributed by atoms with Gasteiger partial charge in [0.05, 0.1) is 5.01 Å². The van der Waals surface area contributed by atoms with Gasteiger partial charge in [0, 0.05) is 11.9 Å². The van der Waals surface area contributed by atoms with E-state index in [4.69, 9.17) is 0 Å². The SMILES string of the molecule is CCCc1nc(C(=O)NCc2ccsc2)cs1. The van der Waals surface area contributed by atoms with Gasteiger partial charge in [-0.15, -0.1) is 11.3 Å². The lowest BCUT2D eigenvalue weighted by molar-refractivity contribution is 0.0946. The number of rotatable bonds is 5. The number of carbonyl (C=O) groups excluding carboxylic acids is 1. The summed E-state index contributed by atoms with van der Waals surface area (Å²) in [6.45, 7) is 2.68. The quantitative estimate of drug-likeness (QED) is 0.903. The van der Waals surface area contributed by atoms with Crippen LogP contribution in [0.4, 0.5) is 0 Å². The average Bonchev–Trinajstić information content (AvgIpc) is 2.97. The third-order valence-corrected chi connectivity index (χ3v) is 3.92. The molecule has 2 heterocycles. The number of thiazole rings is 1. The lowest BCUT2D eigenvalue weighted by Crippen LogP contribution is -2.22. The zero-order chi connectivity index (χ0) is 12.1. The summed E-state index contributed by atoms with van der Waals surface area (Å²) in [5, 5.41) is 9.77. The number of nitrogens with zero attached hydrogens (tertiary/aromatic N) is 1. The van der Waals surface area contributed by atoms with Crippen LogP contribution in [0.15, 0.2) is 22.2 Å². The molecule has 1 N–H and O–H groups in total. The minimum atomic E-state index is -0.0881. The van der Waals surface area contributed by atoms with Crippen molar-refractivity contribution in [1.29, 1.82) is 0 Å². The molecular formula is C12H14N2OS2. The Morgan fingerprint density at radius 1 is 1.47 bits per heavy atom. The van der Waals surface area contributed by atoms with E-state index in [0.717, 1.165) is 23.4 Å². The van der Waals surface area contributed by atoms with Crippen molar-refractivity contribution in [2.45, 2.75) is 26.3 Å². The lowest BCUT2D eigenvalue weighted by atomic mass is 10.3. The van der Waals surface area contributed by atoms with Crippen molar-refractivity contribution >= 4 is 28.6 Å². The summed E-state index contributed by atoms with van der Waals surface area (Å²) >= 11 is 3.19. The maximum Gasteiger partial charge on any atom is 0.271 e. The molecule has 2 rings (SSSR count).